The minimum atomic E-state index is -0.956. The third-order valence-corrected chi connectivity index (χ3v) is 5.50. The second-order valence-corrected chi connectivity index (χ2v) is 8.04. The molecule has 1 aliphatic heterocycles. The van der Waals surface area contributed by atoms with E-state index in [1.54, 1.807) is 0 Å². The number of nitrogens with one attached hydrogen (secondary N) is 1. The van der Waals surface area contributed by atoms with Gasteiger partial charge < -0.3 is 19.7 Å². The summed E-state index contributed by atoms with van der Waals surface area (Å²) in [5.74, 6) is 0. The number of aryl methyl sites for hydroxylation is 2. The lowest BCUT2D eigenvalue weighted by atomic mass is 9.77. The molecule has 1 aromatic rings. The Morgan fingerprint density at radius 1 is 1.12 bits per heavy atom. The summed E-state index contributed by atoms with van der Waals surface area (Å²) in [6, 6.07) is 0. The average molecular weight is 365 g/mol. The number of carboxylic acid groups (broad SMARTS) is 1. The number of amides is 1. The van der Waals surface area contributed by atoms with Crippen molar-refractivity contribution < 1.29 is 19.2 Å². The van der Waals surface area contributed by atoms with Gasteiger partial charge in [-0.2, -0.15) is 5.10 Å². The predicted octanol–water partition coefficient (Wildman–Crippen LogP) is 2.63. The quantitative estimate of drug-likeness (QED) is 0.546. The molecule has 8 heteroatoms. The van der Waals surface area contributed by atoms with Crippen LogP contribution in [0, 0.1) is 13.8 Å². The van der Waals surface area contributed by atoms with Gasteiger partial charge in [-0.3, -0.25) is 4.68 Å². The summed E-state index contributed by atoms with van der Waals surface area (Å²) in [6.45, 7) is 13.7. The first-order valence-electron chi connectivity index (χ1n) is 9.41. The molecule has 0 radical (unpaired) electrons. The molecule has 0 spiro atoms. The van der Waals surface area contributed by atoms with Gasteiger partial charge in [0, 0.05) is 24.2 Å². The molecule has 1 amide bonds. The predicted molar refractivity (Wildman–Crippen MR) is 102 cm³/mol. The van der Waals surface area contributed by atoms with Crippen LogP contribution in [0.5, 0.6) is 0 Å². The van der Waals surface area contributed by atoms with Crippen LogP contribution in [0.3, 0.4) is 0 Å². The smallest absolute Gasteiger partial charge is 0.465 e. The third kappa shape index (κ3) is 4.59. The van der Waals surface area contributed by atoms with Crippen LogP contribution in [0.25, 0.3) is 0 Å². The summed E-state index contributed by atoms with van der Waals surface area (Å²) in [6.07, 6.45) is 2.97. The molecular weight excluding hydrogens is 333 g/mol. The van der Waals surface area contributed by atoms with Gasteiger partial charge in [-0.15, -0.1) is 0 Å². The Morgan fingerprint density at radius 3 is 2.27 bits per heavy atom. The molecule has 2 N–H and O–H groups in total. The number of aromatic nitrogens is 2. The summed E-state index contributed by atoms with van der Waals surface area (Å²) in [5.41, 5.74) is 2.36. The van der Waals surface area contributed by atoms with Crippen molar-refractivity contribution in [3.63, 3.8) is 0 Å². The van der Waals surface area contributed by atoms with Crippen molar-refractivity contribution in [2.75, 3.05) is 6.54 Å². The Balaban J connectivity index is 1.89. The van der Waals surface area contributed by atoms with Crippen LogP contribution in [0.1, 0.15) is 64.8 Å². The number of unbranched alkanes of at least 4 members (excludes halogenated alkanes) is 3. The summed E-state index contributed by atoms with van der Waals surface area (Å²) in [5, 5.41) is 15.6. The lowest BCUT2D eigenvalue weighted by molar-refractivity contribution is 0.00578. The fourth-order valence-corrected chi connectivity index (χ4v) is 3.17. The lowest BCUT2D eigenvalue weighted by Gasteiger charge is -2.32. The fourth-order valence-electron chi connectivity index (χ4n) is 3.17. The zero-order valence-corrected chi connectivity index (χ0v) is 16.9. The van der Waals surface area contributed by atoms with E-state index in [4.69, 9.17) is 14.4 Å². The molecule has 0 aliphatic carbocycles. The molecule has 2 heterocycles. The Hall–Kier alpha value is -1.54. The van der Waals surface area contributed by atoms with Crippen molar-refractivity contribution >= 4 is 18.7 Å². The Labute approximate surface area is 156 Å². The van der Waals surface area contributed by atoms with Crippen LogP contribution in [0.2, 0.25) is 0 Å². The van der Waals surface area contributed by atoms with E-state index in [-0.39, 0.29) is 18.3 Å². The summed E-state index contributed by atoms with van der Waals surface area (Å²) in [4.78, 5) is 10.4. The Bertz CT molecular complexity index is 627. The number of hydrogen-bond acceptors (Lipinski definition) is 4. The van der Waals surface area contributed by atoms with E-state index in [2.05, 4.69) is 45.0 Å². The molecule has 1 fully saturated rings. The van der Waals surface area contributed by atoms with Crippen LogP contribution < -0.4 is 10.8 Å². The van der Waals surface area contributed by atoms with Gasteiger partial charge in [0.15, 0.2) is 0 Å². The highest BCUT2D eigenvalue weighted by atomic mass is 16.7. The van der Waals surface area contributed by atoms with Crippen LogP contribution in [-0.2, 0) is 15.9 Å². The van der Waals surface area contributed by atoms with Gasteiger partial charge >= 0.3 is 13.2 Å². The molecule has 0 atom stereocenters. The van der Waals surface area contributed by atoms with E-state index in [0.29, 0.717) is 6.54 Å². The molecule has 0 aromatic carbocycles. The highest BCUT2D eigenvalue weighted by molar-refractivity contribution is 6.63. The van der Waals surface area contributed by atoms with Gasteiger partial charge in [-0.1, -0.05) is 12.8 Å². The SMILES string of the molecule is Cc1nn(CCCCCCNC(=O)O)c(C)c1B1OC(C)(C)C(C)(C)O1. The molecule has 0 bridgehead atoms. The minimum absolute atomic E-state index is 0.358. The van der Waals surface area contributed by atoms with Gasteiger partial charge in [0.1, 0.15) is 0 Å². The molecule has 2 rings (SSSR count). The van der Waals surface area contributed by atoms with E-state index in [9.17, 15) is 4.79 Å². The third-order valence-electron chi connectivity index (χ3n) is 5.50. The maximum absolute atomic E-state index is 10.4. The summed E-state index contributed by atoms with van der Waals surface area (Å²) < 4.78 is 14.4. The number of nitrogens with zero attached hydrogens (tertiary/aromatic N) is 2. The first-order chi connectivity index (χ1) is 12.0. The van der Waals surface area contributed by atoms with Crippen LogP contribution in [0.4, 0.5) is 4.79 Å². The summed E-state index contributed by atoms with van der Waals surface area (Å²) in [7, 11) is -0.379. The zero-order valence-electron chi connectivity index (χ0n) is 16.9. The monoisotopic (exact) mass is 365 g/mol. The molecule has 26 heavy (non-hydrogen) atoms. The van der Waals surface area contributed by atoms with Crippen molar-refractivity contribution in [2.24, 2.45) is 0 Å². The molecule has 1 aromatic heterocycles. The van der Waals surface area contributed by atoms with E-state index < -0.39 is 6.09 Å². The Kier molecular flexibility index (Phi) is 6.39. The van der Waals surface area contributed by atoms with Crippen molar-refractivity contribution in [1.82, 2.24) is 15.1 Å². The second-order valence-electron chi connectivity index (χ2n) is 8.04. The molecule has 146 valence electrons. The number of carbonyl (C=O) groups is 1. The zero-order chi connectivity index (χ0) is 19.5. The average Bonchev–Trinajstić information content (AvgIpc) is 2.90. The molecule has 0 unspecified atom stereocenters. The normalized spacial score (nSPS) is 18.3. The lowest BCUT2D eigenvalue weighted by Crippen LogP contribution is -2.41. The van der Waals surface area contributed by atoms with Crippen LogP contribution in [0.15, 0.2) is 0 Å². The first-order valence-corrected chi connectivity index (χ1v) is 9.41. The van der Waals surface area contributed by atoms with Crippen molar-refractivity contribution in [1.29, 1.82) is 0 Å². The van der Waals surface area contributed by atoms with Crippen LogP contribution in [-0.4, -0.2) is 45.8 Å². The molecule has 1 saturated heterocycles. The van der Waals surface area contributed by atoms with Crippen molar-refractivity contribution in [3.05, 3.63) is 11.4 Å². The standard InChI is InChI=1S/C18H32BN3O4/c1-13-15(19-25-17(3,4)18(5,6)26-19)14(2)22(21-13)12-10-8-7-9-11-20-16(23)24/h20H,7-12H2,1-6H3,(H,23,24). The van der Waals surface area contributed by atoms with E-state index in [0.717, 1.165) is 49.1 Å². The number of rotatable bonds is 8. The van der Waals surface area contributed by atoms with Gasteiger partial charge in [0.05, 0.1) is 16.9 Å². The van der Waals surface area contributed by atoms with E-state index >= 15 is 0 Å². The van der Waals surface area contributed by atoms with Gasteiger partial charge in [-0.05, 0) is 54.4 Å². The highest BCUT2D eigenvalue weighted by Crippen LogP contribution is 2.36. The van der Waals surface area contributed by atoms with Gasteiger partial charge in [0.2, 0.25) is 0 Å². The van der Waals surface area contributed by atoms with Crippen LogP contribution >= 0.6 is 0 Å². The second kappa shape index (κ2) is 8.00. The fraction of sp³-hybridized carbons (Fsp3) is 0.778. The Morgan fingerprint density at radius 2 is 1.69 bits per heavy atom. The summed E-state index contributed by atoms with van der Waals surface area (Å²) >= 11 is 0. The molecule has 0 saturated carbocycles. The highest BCUT2D eigenvalue weighted by Gasteiger charge is 2.53. The minimum Gasteiger partial charge on any atom is -0.465 e. The van der Waals surface area contributed by atoms with Gasteiger partial charge in [0.25, 0.3) is 0 Å². The molecule has 1 aliphatic rings. The van der Waals surface area contributed by atoms with Crippen molar-refractivity contribution in [2.45, 2.75) is 85.0 Å². The van der Waals surface area contributed by atoms with E-state index in [1.165, 1.54) is 0 Å². The van der Waals surface area contributed by atoms with E-state index in [1.807, 2.05) is 11.6 Å². The molecular formula is C18H32BN3O4. The number of hydrogen-bond donors (Lipinski definition) is 2. The maximum atomic E-state index is 10.4. The largest absolute Gasteiger partial charge is 0.498 e. The van der Waals surface area contributed by atoms with Crippen molar-refractivity contribution in [3.8, 4) is 0 Å². The molecule has 7 nitrogen and oxygen atoms in total. The first kappa shape index (κ1) is 20.8. The van der Waals surface area contributed by atoms with Gasteiger partial charge in [-0.25, -0.2) is 4.79 Å². The topological polar surface area (TPSA) is 85.6 Å². The maximum Gasteiger partial charge on any atom is 0.498 e.